The van der Waals surface area contributed by atoms with Crippen LogP contribution in [-0.4, -0.2) is 24.2 Å². The van der Waals surface area contributed by atoms with Gasteiger partial charge in [0.1, 0.15) is 11.5 Å². The Labute approximate surface area is 195 Å². The maximum absolute atomic E-state index is 12.2. The molecule has 0 aromatic carbocycles. The number of nitrogens with one attached hydrogen (secondary N) is 1. The number of piperidine rings is 1. The Morgan fingerprint density at radius 2 is 1.77 bits per heavy atom. The molecule has 11 atom stereocenters. The highest BCUT2D eigenvalue weighted by molar-refractivity contribution is 5.85. The predicted octanol–water partition coefficient (Wildman–Crippen LogP) is 6.00. The smallest absolute Gasteiger partial charge is 0.133 e. The van der Waals surface area contributed by atoms with E-state index < -0.39 is 0 Å². The van der Waals surface area contributed by atoms with Crippen molar-refractivity contribution in [1.82, 2.24) is 5.32 Å². The monoisotopic (exact) mass is 449 g/mol. The van der Waals surface area contributed by atoms with Gasteiger partial charge in [-0.2, -0.15) is 0 Å². The zero-order valence-corrected chi connectivity index (χ0v) is 20.9. The third-order valence-corrected chi connectivity index (χ3v) is 12.0. The Morgan fingerprint density at radius 1 is 0.968 bits per heavy atom. The number of hydrogen-bond acceptors (Lipinski definition) is 3. The topological polar surface area (TPSA) is 38.3 Å². The molecular weight excluding hydrogens is 406 g/mol. The minimum Gasteiger partial charge on any atom is -0.357 e. The summed E-state index contributed by atoms with van der Waals surface area (Å²) in [5.74, 6) is 5.89. The van der Waals surface area contributed by atoms with Crippen LogP contribution in [0.15, 0.2) is 0 Å². The fourth-order valence-corrected chi connectivity index (χ4v) is 10.2. The van der Waals surface area contributed by atoms with E-state index in [0.717, 1.165) is 55.4 Å². The second-order valence-electron chi connectivity index (χ2n) is 13.1. The summed E-state index contributed by atoms with van der Waals surface area (Å²) in [6, 6.07) is 0. The molecule has 0 aromatic rings. The van der Waals surface area contributed by atoms with Crippen molar-refractivity contribution >= 4 is 18.2 Å². The second-order valence-corrected chi connectivity index (χ2v) is 13.1. The first-order valence-electron chi connectivity index (χ1n) is 13.2. The molecule has 1 spiro atoms. The third kappa shape index (κ3) is 3.01. The van der Waals surface area contributed by atoms with Crippen LogP contribution in [0.5, 0.6) is 0 Å². The summed E-state index contributed by atoms with van der Waals surface area (Å²) in [7, 11) is 0. The van der Waals surface area contributed by atoms with Crippen LogP contribution in [-0.2, 0) is 9.53 Å². The van der Waals surface area contributed by atoms with Gasteiger partial charge < -0.3 is 4.74 Å². The molecule has 4 heteroatoms. The normalized spacial score (nSPS) is 58.1. The molecule has 2 heterocycles. The number of carbonyl (C=O) groups is 1. The van der Waals surface area contributed by atoms with Crippen LogP contribution < -0.4 is 5.32 Å². The molecule has 6 aliphatic rings. The van der Waals surface area contributed by atoms with E-state index in [9.17, 15) is 4.79 Å². The predicted molar refractivity (Wildman–Crippen MR) is 126 cm³/mol. The molecule has 1 N–H and O–H groups in total. The summed E-state index contributed by atoms with van der Waals surface area (Å²) in [6.07, 6.45) is 12.6. The van der Waals surface area contributed by atoms with E-state index in [0.29, 0.717) is 34.6 Å². The Balaban J connectivity index is 0.00000204. The highest BCUT2D eigenvalue weighted by atomic mass is 35.5. The van der Waals surface area contributed by atoms with Crippen LogP contribution in [0.1, 0.15) is 91.9 Å². The molecule has 3 nitrogen and oxygen atoms in total. The molecule has 176 valence electrons. The first-order chi connectivity index (χ1) is 14.3. The van der Waals surface area contributed by atoms with E-state index in [4.69, 9.17) is 4.74 Å². The van der Waals surface area contributed by atoms with Gasteiger partial charge in [-0.05, 0) is 97.7 Å². The van der Waals surface area contributed by atoms with Crippen LogP contribution in [0.4, 0.5) is 0 Å². The lowest BCUT2D eigenvalue weighted by Gasteiger charge is -2.60. The van der Waals surface area contributed by atoms with Gasteiger partial charge in [-0.3, -0.25) is 10.1 Å². The first kappa shape index (κ1) is 22.7. The van der Waals surface area contributed by atoms with Crippen molar-refractivity contribution in [3.63, 3.8) is 0 Å². The molecule has 0 bridgehead atoms. The van der Waals surface area contributed by atoms with Crippen molar-refractivity contribution in [2.75, 3.05) is 6.54 Å². The number of fused-ring (bicyclic) bond motifs is 7. The van der Waals surface area contributed by atoms with Crippen LogP contribution in [0.25, 0.3) is 0 Å². The molecule has 2 saturated heterocycles. The molecule has 4 saturated carbocycles. The number of ketones is 1. The summed E-state index contributed by atoms with van der Waals surface area (Å²) in [4.78, 5) is 12.2. The molecule has 6 rings (SSSR count). The number of halogens is 1. The van der Waals surface area contributed by atoms with Gasteiger partial charge in [0.25, 0.3) is 0 Å². The van der Waals surface area contributed by atoms with Gasteiger partial charge in [0.15, 0.2) is 0 Å². The van der Waals surface area contributed by atoms with E-state index in [1.807, 2.05) is 0 Å². The second kappa shape index (κ2) is 7.44. The standard InChI is InChI=1S/C27H43NO2.ClH/c1-16-7-12-27(28-15-16)17(2)24-23(30-27)14-22-20-6-5-18-13-19(29)8-10-25(18,3)21(20)9-11-26(22,24)4;/h16-18,20-24,28H,5-15H2,1-4H3;1H/t16-,17-,18-,20+,21-,22-,23-,24-,25-,26-,27-;/m0./s1. The minimum absolute atomic E-state index is 0. The van der Waals surface area contributed by atoms with Crippen molar-refractivity contribution in [2.24, 2.45) is 52.3 Å². The molecule has 0 radical (unpaired) electrons. The van der Waals surface area contributed by atoms with Gasteiger partial charge >= 0.3 is 0 Å². The lowest BCUT2D eigenvalue weighted by Crippen LogP contribution is -2.57. The van der Waals surface area contributed by atoms with Gasteiger partial charge in [-0.25, -0.2) is 0 Å². The van der Waals surface area contributed by atoms with Crippen molar-refractivity contribution < 1.29 is 9.53 Å². The van der Waals surface area contributed by atoms with Gasteiger partial charge in [-0.1, -0.05) is 27.7 Å². The number of Topliss-reactive ketones (excluding diaryl/α,β-unsaturated/α-hetero) is 1. The summed E-state index contributed by atoms with van der Waals surface area (Å²) in [5.41, 5.74) is 0.831. The summed E-state index contributed by atoms with van der Waals surface area (Å²) < 4.78 is 7.00. The maximum atomic E-state index is 12.2. The Hall–Kier alpha value is -0.120. The maximum Gasteiger partial charge on any atom is 0.133 e. The van der Waals surface area contributed by atoms with E-state index >= 15 is 0 Å². The van der Waals surface area contributed by atoms with Crippen molar-refractivity contribution in [1.29, 1.82) is 0 Å². The van der Waals surface area contributed by atoms with E-state index in [2.05, 4.69) is 33.0 Å². The zero-order valence-electron chi connectivity index (χ0n) is 20.1. The van der Waals surface area contributed by atoms with Crippen molar-refractivity contribution in [2.45, 2.75) is 104 Å². The lowest BCUT2D eigenvalue weighted by atomic mass is 9.44. The highest BCUT2D eigenvalue weighted by Gasteiger charge is 2.68. The lowest BCUT2D eigenvalue weighted by molar-refractivity contribution is -0.144. The van der Waals surface area contributed by atoms with Gasteiger partial charge in [0, 0.05) is 25.3 Å². The average Bonchev–Trinajstić information content (AvgIpc) is 3.16. The molecule has 31 heavy (non-hydrogen) atoms. The molecule has 4 aliphatic carbocycles. The number of ether oxygens (including phenoxy) is 1. The van der Waals surface area contributed by atoms with Crippen LogP contribution in [0, 0.1) is 52.3 Å². The van der Waals surface area contributed by atoms with Crippen LogP contribution in [0.3, 0.4) is 0 Å². The molecule has 2 aliphatic heterocycles. The SMILES string of the molecule is C[C@H]1CC[C@]2(NC1)O[C@H]1C[C@H]3[C@@H]4CC[C@H]5CC(=O)CC[C@]5(C)[C@H]4CC[C@]3(C)[C@H]1[C@@H]2C.Cl. The Kier molecular flexibility index (Phi) is 5.44. The Bertz CT molecular complexity index is 733. The summed E-state index contributed by atoms with van der Waals surface area (Å²) >= 11 is 0. The number of hydrogen-bond donors (Lipinski definition) is 1. The highest BCUT2D eigenvalue weighted by Crippen LogP contribution is 2.70. The molecule has 0 unspecified atom stereocenters. The minimum atomic E-state index is -0.0416. The molecule has 6 fully saturated rings. The third-order valence-electron chi connectivity index (χ3n) is 12.0. The number of carbonyl (C=O) groups excluding carboxylic acids is 1. The van der Waals surface area contributed by atoms with Crippen LogP contribution in [0.2, 0.25) is 0 Å². The Morgan fingerprint density at radius 3 is 2.52 bits per heavy atom. The van der Waals surface area contributed by atoms with Gasteiger partial charge in [-0.15, -0.1) is 12.4 Å². The molecule has 0 amide bonds. The van der Waals surface area contributed by atoms with Gasteiger partial charge in [0.05, 0.1) is 6.10 Å². The number of rotatable bonds is 0. The van der Waals surface area contributed by atoms with E-state index in [1.165, 1.54) is 44.9 Å². The van der Waals surface area contributed by atoms with E-state index in [1.54, 1.807) is 0 Å². The fraction of sp³-hybridized carbons (Fsp3) is 0.963. The first-order valence-corrected chi connectivity index (χ1v) is 13.2. The largest absolute Gasteiger partial charge is 0.357 e. The van der Waals surface area contributed by atoms with Gasteiger partial charge in [0.2, 0.25) is 0 Å². The fourth-order valence-electron chi connectivity index (χ4n) is 10.2. The zero-order chi connectivity index (χ0) is 20.9. The van der Waals surface area contributed by atoms with E-state index in [-0.39, 0.29) is 18.1 Å². The molecule has 0 aromatic heterocycles. The summed E-state index contributed by atoms with van der Waals surface area (Å²) in [6.45, 7) is 11.2. The van der Waals surface area contributed by atoms with Crippen LogP contribution >= 0.6 is 12.4 Å². The molecular formula is C27H44ClNO2. The van der Waals surface area contributed by atoms with Crippen molar-refractivity contribution in [3.05, 3.63) is 0 Å². The van der Waals surface area contributed by atoms with Crippen molar-refractivity contribution in [3.8, 4) is 0 Å². The average molecular weight is 450 g/mol. The quantitative estimate of drug-likeness (QED) is 0.493. The summed E-state index contributed by atoms with van der Waals surface area (Å²) in [5, 5.41) is 3.88.